The first-order valence-corrected chi connectivity index (χ1v) is 10.1. The number of anilines is 1. The smallest absolute Gasteiger partial charge is 0.244 e. The maximum Gasteiger partial charge on any atom is 0.244 e. The number of hydrogen-bond donors (Lipinski definition) is 1. The van der Waals surface area contributed by atoms with E-state index in [2.05, 4.69) is 5.32 Å². The van der Waals surface area contributed by atoms with Gasteiger partial charge < -0.3 is 19.4 Å². The number of amides is 1. The summed E-state index contributed by atoms with van der Waals surface area (Å²) in [5.41, 5.74) is 0.427. The van der Waals surface area contributed by atoms with Gasteiger partial charge >= 0.3 is 0 Å². The van der Waals surface area contributed by atoms with Crippen LogP contribution in [0.4, 0.5) is 10.1 Å². The molecule has 5 rings (SSSR count). The number of hydrogen-bond acceptors (Lipinski definition) is 5. The van der Waals surface area contributed by atoms with Gasteiger partial charge in [0.25, 0.3) is 0 Å². The van der Waals surface area contributed by atoms with Gasteiger partial charge in [-0.15, -0.1) is 0 Å². The molecule has 2 heterocycles. The number of ketones is 1. The highest BCUT2D eigenvalue weighted by atomic mass is 19.1. The van der Waals surface area contributed by atoms with Crippen LogP contribution < -0.4 is 20.2 Å². The minimum Gasteiger partial charge on any atom is -0.454 e. The quantitative estimate of drug-likeness (QED) is 0.474. The molecular formula is C25H17FN2O5. The van der Waals surface area contributed by atoms with Crippen LogP contribution in [0.1, 0.15) is 15.9 Å². The standard InChI is InChI=1S/C25H17FN2O5/c26-16-6-8-20-18(10-16)25(31)19(24(30)15-4-2-1-3-5-15)12-28(20)13-23(29)27-17-7-9-21-22(11-17)33-14-32-21/h1-12H,13-14H2,(H,27,29). The van der Waals surface area contributed by atoms with Gasteiger partial charge in [-0.25, -0.2) is 4.39 Å². The molecule has 1 aromatic heterocycles. The molecule has 1 N–H and O–H groups in total. The molecule has 0 bridgehead atoms. The molecule has 164 valence electrons. The van der Waals surface area contributed by atoms with E-state index in [1.165, 1.54) is 22.9 Å². The molecule has 0 fully saturated rings. The number of halogens is 1. The van der Waals surface area contributed by atoms with Gasteiger partial charge in [0.15, 0.2) is 17.3 Å². The number of fused-ring (bicyclic) bond motifs is 2. The van der Waals surface area contributed by atoms with Crippen LogP contribution in [0.3, 0.4) is 0 Å². The number of pyridine rings is 1. The first-order chi connectivity index (χ1) is 16.0. The Morgan fingerprint density at radius 3 is 2.58 bits per heavy atom. The largest absolute Gasteiger partial charge is 0.454 e. The molecule has 7 nitrogen and oxygen atoms in total. The molecule has 8 heteroatoms. The lowest BCUT2D eigenvalue weighted by Crippen LogP contribution is -2.24. The predicted molar refractivity (Wildman–Crippen MR) is 119 cm³/mol. The zero-order valence-electron chi connectivity index (χ0n) is 17.2. The van der Waals surface area contributed by atoms with Crippen LogP contribution in [0.25, 0.3) is 10.9 Å². The molecule has 1 amide bonds. The Morgan fingerprint density at radius 1 is 0.970 bits per heavy atom. The molecule has 4 aromatic rings. The molecule has 0 saturated heterocycles. The third-order valence-corrected chi connectivity index (χ3v) is 5.29. The maximum absolute atomic E-state index is 13.9. The molecule has 0 aliphatic carbocycles. The summed E-state index contributed by atoms with van der Waals surface area (Å²) in [6.45, 7) is -0.0865. The molecule has 3 aromatic carbocycles. The number of nitrogens with one attached hydrogen (secondary N) is 1. The summed E-state index contributed by atoms with van der Waals surface area (Å²) < 4.78 is 26.0. The van der Waals surface area contributed by atoms with Crippen LogP contribution in [0.2, 0.25) is 0 Å². The van der Waals surface area contributed by atoms with E-state index in [-0.39, 0.29) is 24.3 Å². The molecule has 0 unspecified atom stereocenters. The SMILES string of the molecule is O=C(Cn1cc(C(=O)c2ccccc2)c(=O)c2cc(F)ccc21)Nc1ccc2c(c1)OCO2. The monoisotopic (exact) mass is 444 g/mol. The van der Waals surface area contributed by atoms with Crippen LogP contribution >= 0.6 is 0 Å². The van der Waals surface area contributed by atoms with Crippen LogP contribution in [-0.4, -0.2) is 23.1 Å². The Hall–Kier alpha value is -4.46. The van der Waals surface area contributed by atoms with Crippen LogP contribution in [0.15, 0.2) is 77.7 Å². The third-order valence-electron chi connectivity index (χ3n) is 5.29. The summed E-state index contributed by atoms with van der Waals surface area (Å²) in [6, 6.07) is 17.0. The molecule has 1 aliphatic heterocycles. The summed E-state index contributed by atoms with van der Waals surface area (Å²) in [4.78, 5) is 38.8. The van der Waals surface area contributed by atoms with Crippen molar-refractivity contribution in [1.29, 1.82) is 0 Å². The lowest BCUT2D eigenvalue weighted by Gasteiger charge is -2.14. The average Bonchev–Trinajstić information content (AvgIpc) is 3.29. The second-order valence-electron chi connectivity index (χ2n) is 7.47. The van der Waals surface area contributed by atoms with E-state index in [0.717, 1.165) is 6.07 Å². The van der Waals surface area contributed by atoms with Gasteiger partial charge in [0, 0.05) is 28.9 Å². The zero-order valence-corrected chi connectivity index (χ0v) is 17.2. The summed E-state index contributed by atoms with van der Waals surface area (Å²) in [6.07, 6.45) is 1.34. The topological polar surface area (TPSA) is 86.6 Å². The lowest BCUT2D eigenvalue weighted by atomic mass is 10.0. The molecular weight excluding hydrogens is 427 g/mol. The van der Waals surface area contributed by atoms with E-state index < -0.39 is 22.9 Å². The van der Waals surface area contributed by atoms with E-state index >= 15 is 0 Å². The van der Waals surface area contributed by atoms with Crippen molar-refractivity contribution in [2.24, 2.45) is 0 Å². The number of benzene rings is 3. The number of aromatic nitrogens is 1. The molecule has 0 spiro atoms. The van der Waals surface area contributed by atoms with Crippen molar-refractivity contribution >= 4 is 28.3 Å². The molecule has 1 aliphatic rings. The number of rotatable bonds is 5. The molecule has 0 atom stereocenters. The first-order valence-electron chi connectivity index (χ1n) is 10.1. The van der Waals surface area contributed by atoms with Gasteiger partial charge in [0.1, 0.15) is 12.4 Å². The summed E-state index contributed by atoms with van der Waals surface area (Å²) >= 11 is 0. The minimum atomic E-state index is -0.611. The molecule has 0 radical (unpaired) electrons. The maximum atomic E-state index is 13.9. The Balaban J connectivity index is 1.51. The van der Waals surface area contributed by atoms with Gasteiger partial charge in [-0.2, -0.15) is 0 Å². The Morgan fingerprint density at radius 2 is 1.76 bits per heavy atom. The van der Waals surface area contributed by atoms with Gasteiger partial charge in [0.05, 0.1) is 11.1 Å². The Kier molecular flexibility index (Phi) is 5.10. The second-order valence-corrected chi connectivity index (χ2v) is 7.47. The van der Waals surface area contributed by atoms with Crippen molar-refractivity contribution in [3.63, 3.8) is 0 Å². The van der Waals surface area contributed by atoms with Crippen molar-refractivity contribution < 1.29 is 23.5 Å². The summed E-state index contributed by atoms with van der Waals surface area (Å²) in [5.74, 6) is -0.406. The minimum absolute atomic E-state index is 0.0210. The summed E-state index contributed by atoms with van der Waals surface area (Å²) in [5, 5.41) is 2.78. The normalized spacial score (nSPS) is 12.0. The molecule has 33 heavy (non-hydrogen) atoms. The van der Waals surface area contributed by atoms with Crippen molar-refractivity contribution in [2.75, 3.05) is 12.1 Å². The fourth-order valence-corrected chi connectivity index (χ4v) is 3.74. The second kappa shape index (κ2) is 8.23. The number of nitrogens with zero attached hydrogens (tertiary/aromatic N) is 1. The van der Waals surface area contributed by atoms with Crippen LogP contribution in [-0.2, 0) is 11.3 Å². The van der Waals surface area contributed by atoms with Gasteiger partial charge in [-0.1, -0.05) is 30.3 Å². The van der Waals surface area contributed by atoms with E-state index in [1.54, 1.807) is 48.5 Å². The fraction of sp³-hybridized carbons (Fsp3) is 0.0800. The number of carbonyl (C=O) groups excluding carboxylic acids is 2. The average molecular weight is 444 g/mol. The van der Waals surface area contributed by atoms with Crippen LogP contribution in [0.5, 0.6) is 11.5 Å². The highest BCUT2D eigenvalue weighted by molar-refractivity contribution is 6.10. The number of ether oxygens (including phenoxy) is 2. The van der Waals surface area contributed by atoms with E-state index in [9.17, 15) is 18.8 Å². The van der Waals surface area contributed by atoms with E-state index in [4.69, 9.17) is 9.47 Å². The predicted octanol–water partition coefficient (Wildman–Crippen LogP) is 3.74. The zero-order chi connectivity index (χ0) is 22.9. The molecule has 0 saturated carbocycles. The Bertz CT molecular complexity index is 1460. The van der Waals surface area contributed by atoms with E-state index in [0.29, 0.717) is 28.3 Å². The van der Waals surface area contributed by atoms with Crippen molar-refractivity contribution in [2.45, 2.75) is 6.54 Å². The van der Waals surface area contributed by atoms with Gasteiger partial charge in [0.2, 0.25) is 18.1 Å². The van der Waals surface area contributed by atoms with E-state index in [1.807, 2.05) is 0 Å². The summed E-state index contributed by atoms with van der Waals surface area (Å²) in [7, 11) is 0. The van der Waals surface area contributed by atoms with Crippen molar-refractivity contribution in [3.05, 3.63) is 100 Å². The number of carbonyl (C=O) groups is 2. The van der Waals surface area contributed by atoms with Crippen LogP contribution in [0, 0.1) is 5.82 Å². The van der Waals surface area contributed by atoms with Gasteiger partial charge in [-0.05, 0) is 30.3 Å². The van der Waals surface area contributed by atoms with Crippen molar-refractivity contribution in [3.8, 4) is 11.5 Å². The first kappa shape index (κ1) is 20.4. The van der Waals surface area contributed by atoms with Gasteiger partial charge in [-0.3, -0.25) is 14.4 Å². The highest BCUT2D eigenvalue weighted by Crippen LogP contribution is 2.34. The Labute approximate surface area is 187 Å². The third kappa shape index (κ3) is 3.94. The highest BCUT2D eigenvalue weighted by Gasteiger charge is 2.19. The van der Waals surface area contributed by atoms with Crippen molar-refractivity contribution in [1.82, 2.24) is 4.57 Å². The fourth-order valence-electron chi connectivity index (χ4n) is 3.74. The lowest BCUT2D eigenvalue weighted by molar-refractivity contribution is -0.116.